The summed E-state index contributed by atoms with van der Waals surface area (Å²) in [4.78, 5) is 16.5. The van der Waals surface area contributed by atoms with Crippen LogP contribution in [-0.4, -0.2) is 63.6 Å². The molecular formula is C26H44N2O4. The Kier molecular flexibility index (Phi) is 10.1. The van der Waals surface area contributed by atoms with Gasteiger partial charge in [0.2, 0.25) is 0 Å². The van der Waals surface area contributed by atoms with Gasteiger partial charge >= 0.3 is 6.09 Å². The fraction of sp³-hybridized carbons (Fsp3) is 0.731. The van der Waals surface area contributed by atoms with Crippen LogP contribution in [0.1, 0.15) is 59.9 Å². The van der Waals surface area contributed by atoms with Crippen molar-refractivity contribution in [1.82, 2.24) is 4.90 Å². The van der Waals surface area contributed by atoms with E-state index >= 15 is 0 Å². The number of hydrogen-bond donors (Lipinski definition) is 0. The first-order chi connectivity index (χ1) is 15.1. The van der Waals surface area contributed by atoms with Gasteiger partial charge < -0.3 is 24.0 Å². The van der Waals surface area contributed by atoms with Crippen LogP contribution in [0.5, 0.6) is 5.75 Å². The van der Waals surface area contributed by atoms with Gasteiger partial charge in [-0.15, -0.1) is 0 Å². The molecule has 1 aromatic carbocycles. The summed E-state index contributed by atoms with van der Waals surface area (Å²) < 4.78 is 16.4. The maximum atomic E-state index is 12.3. The molecule has 1 aliphatic rings. The van der Waals surface area contributed by atoms with Crippen molar-refractivity contribution in [2.45, 2.75) is 66.9 Å². The van der Waals surface area contributed by atoms with Gasteiger partial charge in [-0.2, -0.15) is 0 Å². The van der Waals surface area contributed by atoms with Gasteiger partial charge in [0.1, 0.15) is 12.4 Å². The summed E-state index contributed by atoms with van der Waals surface area (Å²) in [5, 5.41) is 0. The fourth-order valence-electron chi connectivity index (χ4n) is 4.34. The molecule has 0 aromatic heterocycles. The second kappa shape index (κ2) is 12.3. The number of benzene rings is 1. The van der Waals surface area contributed by atoms with Crippen molar-refractivity contribution in [2.75, 3.05) is 51.4 Å². The maximum Gasteiger partial charge on any atom is 0.410 e. The number of carbonyl (C=O) groups excluding carboxylic acids is 1. The molecule has 6 nitrogen and oxygen atoms in total. The van der Waals surface area contributed by atoms with Gasteiger partial charge in [0.25, 0.3) is 0 Å². The summed E-state index contributed by atoms with van der Waals surface area (Å²) in [6.07, 6.45) is 3.11. The molecule has 0 aliphatic carbocycles. The lowest BCUT2D eigenvalue weighted by Crippen LogP contribution is -2.49. The number of ether oxygens (including phenoxy) is 3. The fourth-order valence-corrected chi connectivity index (χ4v) is 4.34. The van der Waals surface area contributed by atoms with E-state index in [4.69, 9.17) is 14.2 Å². The van der Waals surface area contributed by atoms with Crippen LogP contribution in [0.3, 0.4) is 0 Å². The molecule has 0 spiro atoms. The summed E-state index contributed by atoms with van der Waals surface area (Å²) >= 11 is 0. The Morgan fingerprint density at radius 1 is 1.06 bits per heavy atom. The first-order valence-corrected chi connectivity index (χ1v) is 12.0. The SMILES string of the molecule is COCCOc1ccc(CCC(C)CC(C)(C)C)c(N2CCN(C(=O)OC(C)C)CC2)c1. The third kappa shape index (κ3) is 8.89. The standard InChI is InChI=1S/C26H44N2O4/c1-20(2)32-25(29)28-14-12-27(13-15-28)24-18-23(31-17-16-30-7)11-10-22(24)9-8-21(3)19-26(4,5)6/h10-11,18,20-21H,8-9,12-17,19H2,1-7H3. The molecule has 1 aromatic rings. The predicted molar refractivity (Wildman–Crippen MR) is 131 cm³/mol. The third-order valence-corrected chi connectivity index (χ3v) is 5.70. The van der Waals surface area contributed by atoms with Crippen molar-refractivity contribution in [1.29, 1.82) is 0 Å². The van der Waals surface area contributed by atoms with Crippen molar-refractivity contribution in [3.8, 4) is 5.75 Å². The van der Waals surface area contributed by atoms with Crippen LogP contribution in [0.15, 0.2) is 18.2 Å². The zero-order valence-corrected chi connectivity index (χ0v) is 21.3. The number of nitrogens with zero attached hydrogens (tertiary/aromatic N) is 2. The molecule has 6 heteroatoms. The molecule has 1 fully saturated rings. The van der Waals surface area contributed by atoms with E-state index in [0.717, 1.165) is 31.7 Å². The Morgan fingerprint density at radius 3 is 2.34 bits per heavy atom. The third-order valence-electron chi connectivity index (χ3n) is 5.70. The van der Waals surface area contributed by atoms with E-state index in [0.29, 0.717) is 37.6 Å². The van der Waals surface area contributed by atoms with Gasteiger partial charge in [0.15, 0.2) is 0 Å². The van der Waals surface area contributed by atoms with Crippen molar-refractivity contribution in [2.24, 2.45) is 11.3 Å². The number of methoxy groups -OCH3 is 1. The number of amides is 1. The smallest absolute Gasteiger partial charge is 0.410 e. The lowest BCUT2D eigenvalue weighted by atomic mass is 9.83. The molecule has 1 saturated heterocycles. The van der Waals surface area contributed by atoms with Crippen molar-refractivity contribution in [3.05, 3.63) is 23.8 Å². The van der Waals surface area contributed by atoms with Gasteiger partial charge in [-0.3, -0.25) is 0 Å². The number of piperazine rings is 1. The monoisotopic (exact) mass is 448 g/mol. The highest BCUT2D eigenvalue weighted by molar-refractivity contribution is 5.68. The molecule has 0 N–H and O–H groups in total. The topological polar surface area (TPSA) is 51.2 Å². The van der Waals surface area contributed by atoms with E-state index in [-0.39, 0.29) is 12.2 Å². The van der Waals surface area contributed by atoms with Crippen molar-refractivity contribution in [3.63, 3.8) is 0 Å². The highest BCUT2D eigenvalue weighted by Crippen LogP contribution is 2.31. The Labute approximate surface area is 195 Å². The highest BCUT2D eigenvalue weighted by atomic mass is 16.6. The van der Waals surface area contributed by atoms with Crippen LogP contribution in [0, 0.1) is 11.3 Å². The van der Waals surface area contributed by atoms with Crippen molar-refractivity contribution >= 4 is 11.8 Å². The minimum Gasteiger partial charge on any atom is -0.491 e. The summed E-state index contributed by atoms with van der Waals surface area (Å²) in [5.74, 6) is 1.54. The van der Waals surface area contributed by atoms with Gasteiger partial charge in [-0.25, -0.2) is 4.79 Å². The molecule has 1 atom stereocenters. The van der Waals surface area contributed by atoms with E-state index in [1.165, 1.54) is 17.7 Å². The lowest BCUT2D eigenvalue weighted by Gasteiger charge is -2.37. The molecular weight excluding hydrogens is 404 g/mol. The Balaban J connectivity index is 2.09. The molecule has 182 valence electrons. The first-order valence-electron chi connectivity index (χ1n) is 12.0. The zero-order valence-electron chi connectivity index (χ0n) is 21.3. The number of carbonyl (C=O) groups is 1. The zero-order chi connectivity index (χ0) is 23.7. The summed E-state index contributed by atoms with van der Waals surface area (Å²) in [6.45, 7) is 17.1. The molecule has 32 heavy (non-hydrogen) atoms. The molecule has 1 amide bonds. The number of aryl methyl sites for hydroxylation is 1. The quantitative estimate of drug-likeness (QED) is 0.450. The second-order valence-electron chi connectivity index (χ2n) is 10.4. The van der Waals surface area contributed by atoms with Crippen LogP contribution >= 0.6 is 0 Å². The van der Waals surface area contributed by atoms with Gasteiger partial charge in [0, 0.05) is 45.0 Å². The lowest BCUT2D eigenvalue weighted by molar-refractivity contribution is 0.0751. The van der Waals surface area contributed by atoms with Gasteiger partial charge in [-0.05, 0) is 56.1 Å². The van der Waals surface area contributed by atoms with Crippen LogP contribution in [0.2, 0.25) is 0 Å². The number of rotatable bonds is 10. The predicted octanol–water partition coefficient (Wildman–Crippen LogP) is 5.38. The van der Waals surface area contributed by atoms with E-state index in [2.05, 4.69) is 50.8 Å². The average molecular weight is 449 g/mol. The highest BCUT2D eigenvalue weighted by Gasteiger charge is 2.25. The van der Waals surface area contributed by atoms with E-state index < -0.39 is 0 Å². The molecule has 1 unspecified atom stereocenters. The molecule has 1 heterocycles. The van der Waals surface area contributed by atoms with E-state index in [1.54, 1.807) is 12.0 Å². The minimum atomic E-state index is -0.215. The Hall–Kier alpha value is -1.95. The molecule has 0 saturated carbocycles. The number of hydrogen-bond acceptors (Lipinski definition) is 5. The van der Waals surface area contributed by atoms with Crippen LogP contribution in [0.25, 0.3) is 0 Å². The Bertz CT molecular complexity index is 706. The van der Waals surface area contributed by atoms with Gasteiger partial charge in [0.05, 0.1) is 12.7 Å². The molecule has 0 radical (unpaired) electrons. The molecule has 2 rings (SSSR count). The van der Waals surface area contributed by atoms with E-state index in [9.17, 15) is 4.79 Å². The molecule has 1 aliphatic heterocycles. The van der Waals surface area contributed by atoms with Gasteiger partial charge in [-0.1, -0.05) is 33.8 Å². The van der Waals surface area contributed by atoms with Crippen LogP contribution in [-0.2, 0) is 15.9 Å². The molecule has 0 bridgehead atoms. The summed E-state index contributed by atoms with van der Waals surface area (Å²) in [5.41, 5.74) is 2.92. The van der Waals surface area contributed by atoms with E-state index in [1.807, 2.05) is 13.8 Å². The van der Waals surface area contributed by atoms with Crippen LogP contribution < -0.4 is 9.64 Å². The first kappa shape index (κ1) is 26.3. The van der Waals surface area contributed by atoms with Crippen LogP contribution in [0.4, 0.5) is 10.5 Å². The largest absolute Gasteiger partial charge is 0.491 e. The summed E-state index contributed by atoms with van der Waals surface area (Å²) in [7, 11) is 1.68. The maximum absolute atomic E-state index is 12.3. The second-order valence-corrected chi connectivity index (χ2v) is 10.4. The number of anilines is 1. The minimum absolute atomic E-state index is 0.0943. The average Bonchev–Trinajstić information content (AvgIpc) is 2.71. The Morgan fingerprint density at radius 2 is 1.75 bits per heavy atom. The normalized spacial score (nSPS) is 15.8. The van der Waals surface area contributed by atoms with Crippen molar-refractivity contribution < 1.29 is 19.0 Å². The summed E-state index contributed by atoms with van der Waals surface area (Å²) in [6, 6.07) is 6.43.